The maximum absolute atomic E-state index is 10.2. The first-order valence-electron chi connectivity index (χ1n) is 5.28. The van der Waals surface area contributed by atoms with Crippen molar-refractivity contribution in [1.29, 1.82) is 0 Å². The molecule has 0 bridgehead atoms. The van der Waals surface area contributed by atoms with E-state index in [9.17, 15) is 9.59 Å². The Hall–Kier alpha value is -2.82. The molecule has 0 saturated heterocycles. The second kappa shape index (κ2) is 6.80. The molecule has 5 nitrogen and oxygen atoms in total. The number of carbonyl (C=O) groups is 2. The Balaban J connectivity index is 0.000000200. The Kier molecular flexibility index (Phi) is 5.10. The van der Waals surface area contributed by atoms with E-state index in [4.69, 9.17) is 15.3 Å². The lowest BCUT2D eigenvalue weighted by Crippen LogP contribution is -1.81. The average molecular weight is 260 g/mol. The molecule has 0 spiro atoms. The molecule has 0 amide bonds. The van der Waals surface area contributed by atoms with Crippen molar-refractivity contribution in [3.8, 4) is 17.2 Å². The van der Waals surface area contributed by atoms with Gasteiger partial charge in [-0.15, -0.1) is 0 Å². The normalized spacial score (nSPS) is 9.05. The minimum absolute atomic E-state index is 0.220. The maximum atomic E-state index is 10.2. The number of phenols is 3. The van der Waals surface area contributed by atoms with Gasteiger partial charge in [-0.1, -0.05) is 30.3 Å². The summed E-state index contributed by atoms with van der Waals surface area (Å²) in [5, 5.41) is 26.6. The first-order valence-corrected chi connectivity index (χ1v) is 5.28. The number of rotatable bonds is 2. The van der Waals surface area contributed by atoms with Gasteiger partial charge in [0.05, 0.1) is 5.56 Å². The molecule has 0 aromatic heterocycles. The molecule has 98 valence electrons. The number of benzene rings is 2. The monoisotopic (exact) mass is 260 g/mol. The van der Waals surface area contributed by atoms with Gasteiger partial charge in [-0.2, -0.15) is 0 Å². The van der Waals surface area contributed by atoms with Crippen LogP contribution in [-0.2, 0) is 0 Å². The van der Waals surface area contributed by atoms with Crippen molar-refractivity contribution in [1.82, 2.24) is 0 Å². The summed E-state index contributed by atoms with van der Waals surface area (Å²) < 4.78 is 0. The number of aldehydes is 2. The number of hydrogen-bond donors (Lipinski definition) is 3. The highest BCUT2D eigenvalue weighted by Crippen LogP contribution is 2.29. The maximum Gasteiger partial charge on any atom is 0.157 e. The first kappa shape index (κ1) is 14.2. The molecule has 0 aliphatic rings. The van der Waals surface area contributed by atoms with Crippen LogP contribution in [0.1, 0.15) is 20.7 Å². The van der Waals surface area contributed by atoms with Crippen molar-refractivity contribution in [3.63, 3.8) is 0 Å². The van der Waals surface area contributed by atoms with Crippen LogP contribution >= 0.6 is 0 Å². The third-order valence-electron chi connectivity index (χ3n) is 2.17. The van der Waals surface area contributed by atoms with E-state index >= 15 is 0 Å². The highest BCUT2D eigenvalue weighted by molar-refractivity contribution is 5.83. The standard InChI is InChI=1S/C7H6O4.C7H6O/c8-3-5-6(10)1-4(9)2-7(5)11;8-6-7-4-2-1-3-5-7/h1-3,9-11H;1-6H. The predicted octanol–water partition coefficient (Wildman–Crippen LogP) is 2.11. The lowest BCUT2D eigenvalue weighted by atomic mass is 10.2. The predicted molar refractivity (Wildman–Crippen MR) is 68.7 cm³/mol. The van der Waals surface area contributed by atoms with Crippen LogP contribution in [0.2, 0.25) is 0 Å². The van der Waals surface area contributed by atoms with Crippen molar-refractivity contribution in [2.45, 2.75) is 0 Å². The van der Waals surface area contributed by atoms with Gasteiger partial charge in [-0.25, -0.2) is 0 Å². The molecule has 2 rings (SSSR count). The second-order valence-corrected chi connectivity index (χ2v) is 3.54. The molecule has 0 heterocycles. The molecule has 0 aliphatic carbocycles. The van der Waals surface area contributed by atoms with E-state index in [0.29, 0.717) is 6.29 Å². The van der Waals surface area contributed by atoms with Gasteiger partial charge < -0.3 is 15.3 Å². The molecule has 3 N–H and O–H groups in total. The van der Waals surface area contributed by atoms with Crippen molar-refractivity contribution < 1.29 is 24.9 Å². The van der Waals surface area contributed by atoms with Crippen LogP contribution in [0.15, 0.2) is 42.5 Å². The van der Waals surface area contributed by atoms with Gasteiger partial charge in [0.25, 0.3) is 0 Å². The Morgan fingerprint density at radius 2 is 1.32 bits per heavy atom. The second-order valence-electron chi connectivity index (χ2n) is 3.54. The molecule has 2 aromatic carbocycles. The summed E-state index contributed by atoms with van der Waals surface area (Å²) in [4.78, 5) is 20.2. The van der Waals surface area contributed by atoms with E-state index in [1.807, 2.05) is 18.2 Å². The smallest absolute Gasteiger partial charge is 0.157 e. The minimum Gasteiger partial charge on any atom is -0.508 e. The summed E-state index contributed by atoms with van der Waals surface area (Å²) in [6.45, 7) is 0. The minimum atomic E-state index is -0.433. The van der Waals surface area contributed by atoms with E-state index in [1.165, 1.54) is 0 Å². The fourth-order valence-electron chi connectivity index (χ4n) is 1.26. The molecule has 19 heavy (non-hydrogen) atoms. The van der Waals surface area contributed by atoms with Gasteiger partial charge in [0.1, 0.15) is 23.5 Å². The van der Waals surface area contributed by atoms with Gasteiger partial charge in [0.15, 0.2) is 6.29 Å². The Bertz CT molecular complexity index is 540. The zero-order valence-corrected chi connectivity index (χ0v) is 9.85. The van der Waals surface area contributed by atoms with Crippen LogP contribution in [0.5, 0.6) is 17.2 Å². The molecular weight excluding hydrogens is 248 g/mol. The van der Waals surface area contributed by atoms with Crippen molar-refractivity contribution in [2.24, 2.45) is 0 Å². The van der Waals surface area contributed by atoms with Crippen LogP contribution in [0.4, 0.5) is 0 Å². The number of carbonyl (C=O) groups excluding carboxylic acids is 2. The van der Waals surface area contributed by atoms with Gasteiger partial charge in [-0.3, -0.25) is 9.59 Å². The van der Waals surface area contributed by atoms with Gasteiger partial charge in [0.2, 0.25) is 0 Å². The number of aromatic hydroxyl groups is 3. The Morgan fingerprint density at radius 1 is 0.789 bits per heavy atom. The quantitative estimate of drug-likeness (QED) is 0.719. The molecule has 0 radical (unpaired) electrons. The number of hydrogen-bond acceptors (Lipinski definition) is 5. The van der Waals surface area contributed by atoms with E-state index in [0.717, 1.165) is 24.0 Å². The Morgan fingerprint density at radius 3 is 1.68 bits per heavy atom. The summed E-state index contributed by atoms with van der Waals surface area (Å²) in [6.07, 6.45) is 1.14. The summed E-state index contributed by atoms with van der Waals surface area (Å²) in [7, 11) is 0. The summed E-state index contributed by atoms with van der Waals surface area (Å²) >= 11 is 0. The molecule has 0 unspecified atom stereocenters. The van der Waals surface area contributed by atoms with Gasteiger partial charge in [-0.05, 0) is 0 Å². The van der Waals surface area contributed by atoms with Crippen LogP contribution in [0.25, 0.3) is 0 Å². The van der Waals surface area contributed by atoms with Gasteiger partial charge >= 0.3 is 0 Å². The SMILES string of the molecule is O=Cc1c(O)cc(O)cc1O.O=Cc1ccccc1. The summed E-state index contributed by atoms with van der Waals surface area (Å²) in [5.41, 5.74) is 0.510. The topological polar surface area (TPSA) is 94.8 Å². The summed E-state index contributed by atoms with van der Waals surface area (Å²) in [5.74, 6) is -1.15. The molecule has 2 aromatic rings. The zero-order valence-electron chi connectivity index (χ0n) is 9.85. The zero-order chi connectivity index (χ0) is 14.3. The van der Waals surface area contributed by atoms with Crippen LogP contribution in [0.3, 0.4) is 0 Å². The average Bonchev–Trinajstić information content (AvgIpc) is 2.40. The third kappa shape index (κ3) is 4.16. The van der Waals surface area contributed by atoms with E-state index in [2.05, 4.69) is 0 Å². The molecule has 0 fully saturated rings. The third-order valence-corrected chi connectivity index (χ3v) is 2.17. The summed E-state index contributed by atoms with van der Waals surface area (Å²) in [6, 6.07) is 11.0. The van der Waals surface area contributed by atoms with Crippen molar-refractivity contribution in [2.75, 3.05) is 0 Å². The first-order chi connectivity index (χ1) is 9.08. The van der Waals surface area contributed by atoms with E-state index in [-0.39, 0.29) is 11.3 Å². The van der Waals surface area contributed by atoms with Gasteiger partial charge in [0, 0.05) is 17.7 Å². The van der Waals surface area contributed by atoms with E-state index in [1.54, 1.807) is 12.1 Å². The lowest BCUT2D eigenvalue weighted by molar-refractivity contribution is 0.111. The largest absolute Gasteiger partial charge is 0.508 e. The Labute approximate surface area is 109 Å². The molecule has 0 atom stereocenters. The molecule has 0 aliphatic heterocycles. The highest BCUT2D eigenvalue weighted by Gasteiger charge is 2.07. The highest BCUT2D eigenvalue weighted by atomic mass is 16.3. The van der Waals surface area contributed by atoms with Crippen LogP contribution in [-0.4, -0.2) is 27.9 Å². The lowest BCUT2D eigenvalue weighted by Gasteiger charge is -2.00. The van der Waals surface area contributed by atoms with Crippen LogP contribution in [0, 0.1) is 0 Å². The molecular formula is C14H12O5. The molecule has 5 heteroatoms. The number of phenolic OH excluding ortho intramolecular Hbond substituents is 3. The van der Waals surface area contributed by atoms with Crippen LogP contribution < -0.4 is 0 Å². The fourth-order valence-corrected chi connectivity index (χ4v) is 1.26. The van der Waals surface area contributed by atoms with Crippen molar-refractivity contribution >= 4 is 12.6 Å². The van der Waals surface area contributed by atoms with E-state index < -0.39 is 11.5 Å². The molecule has 0 saturated carbocycles. The fraction of sp³-hybridized carbons (Fsp3) is 0. The van der Waals surface area contributed by atoms with Crippen molar-refractivity contribution in [3.05, 3.63) is 53.6 Å².